The number of aromatic nitrogens is 1. The number of esters is 1. The molecule has 3 heteroatoms. The Hall–Kier alpha value is -1.25. The molecule has 0 N–H and O–H groups in total. The third-order valence-electron chi connectivity index (χ3n) is 3.55. The summed E-state index contributed by atoms with van der Waals surface area (Å²) in [5.41, 5.74) is 1.74. The van der Waals surface area contributed by atoms with E-state index in [0.717, 1.165) is 5.69 Å². The first-order valence-corrected chi connectivity index (χ1v) is 6.00. The highest BCUT2D eigenvalue weighted by atomic mass is 16.5. The molecule has 1 fully saturated rings. The Kier molecular flexibility index (Phi) is 3.32. The van der Waals surface area contributed by atoms with Gasteiger partial charge in [-0.3, -0.25) is 0 Å². The van der Waals surface area contributed by atoms with Crippen LogP contribution in [0.2, 0.25) is 0 Å². The lowest BCUT2D eigenvalue weighted by atomic mass is 9.95. The van der Waals surface area contributed by atoms with Crippen LogP contribution >= 0.6 is 0 Å². The number of hydrogen-bond acceptors (Lipinski definition) is 2. The van der Waals surface area contributed by atoms with Crippen molar-refractivity contribution in [2.75, 3.05) is 7.11 Å². The molecule has 1 aromatic rings. The van der Waals surface area contributed by atoms with Gasteiger partial charge in [0, 0.05) is 17.9 Å². The van der Waals surface area contributed by atoms with E-state index in [9.17, 15) is 4.79 Å². The zero-order valence-corrected chi connectivity index (χ0v) is 10.0. The van der Waals surface area contributed by atoms with Gasteiger partial charge in [0.2, 0.25) is 0 Å². The third kappa shape index (κ3) is 1.99. The highest BCUT2D eigenvalue weighted by Crippen LogP contribution is 2.30. The first-order valence-electron chi connectivity index (χ1n) is 6.00. The fourth-order valence-corrected chi connectivity index (χ4v) is 2.61. The zero-order valence-electron chi connectivity index (χ0n) is 10.0. The fourth-order valence-electron chi connectivity index (χ4n) is 2.61. The molecular weight excluding hydrogens is 202 g/mol. The van der Waals surface area contributed by atoms with E-state index in [1.54, 1.807) is 0 Å². The van der Waals surface area contributed by atoms with E-state index in [1.807, 2.05) is 19.2 Å². The molecule has 0 aliphatic heterocycles. The van der Waals surface area contributed by atoms with Gasteiger partial charge in [-0.15, -0.1) is 0 Å². The van der Waals surface area contributed by atoms with Gasteiger partial charge in [0.1, 0.15) is 0 Å². The van der Waals surface area contributed by atoms with Crippen LogP contribution in [0.5, 0.6) is 0 Å². The lowest BCUT2D eigenvalue weighted by molar-refractivity contribution is 0.0599. The number of carbonyl (C=O) groups excluding carboxylic acids is 1. The molecule has 3 nitrogen and oxygen atoms in total. The van der Waals surface area contributed by atoms with Gasteiger partial charge >= 0.3 is 5.97 Å². The molecular formula is C13H19NO2. The Labute approximate surface area is 96.4 Å². The molecule has 0 amide bonds. The molecule has 16 heavy (non-hydrogen) atoms. The summed E-state index contributed by atoms with van der Waals surface area (Å²) in [6.07, 6.45) is 8.44. The van der Waals surface area contributed by atoms with Crippen LogP contribution in [0.3, 0.4) is 0 Å². The van der Waals surface area contributed by atoms with Crippen LogP contribution in [0.15, 0.2) is 12.3 Å². The third-order valence-corrected chi connectivity index (χ3v) is 3.55. The summed E-state index contributed by atoms with van der Waals surface area (Å²) >= 11 is 0. The van der Waals surface area contributed by atoms with Gasteiger partial charge in [-0.2, -0.15) is 0 Å². The molecule has 0 atom stereocenters. The maximum absolute atomic E-state index is 11.5. The van der Waals surface area contributed by atoms with E-state index in [1.165, 1.54) is 39.2 Å². The molecule has 1 heterocycles. The highest BCUT2D eigenvalue weighted by Gasteiger charge is 2.20. The van der Waals surface area contributed by atoms with Gasteiger partial charge < -0.3 is 9.30 Å². The van der Waals surface area contributed by atoms with Crippen molar-refractivity contribution in [3.05, 3.63) is 23.5 Å². The number of hydrogen-bond donors (Lipinski definition) is 0. The van der Waals surface area contributed by atoms with Crippen molar-refractivity contribution in [1.29, 1.82) is 0 Å². The molecule has 0 aromatic carbocycles. The van der Waals surface area contributed by atoms with Crippen LogP contribution in [-0.2, 0) is 4.74 Å². The SMILES string of the molecule is COC(=O)c1ccn(C2CCCCC2)c1C. The molecule has 0 saturated heterocycles. The number of ether oxygens (including phenoxy) is 1. The molecule has 1 aliphatic rings. The van der Waals surface area contributed by atoms with Crippen molar-refractivity contribution in [2.45, 2.75) is 45.1 Å². The number of nitrogens with zero attached hydrogens (tertiary/aromatic N) is 1. The Morgan fingerprint density at radius 3 is 2.69 bits per heavy atom. The number of carbonyl (C=O) groups is 1. The van der Waals surface area contributed by atoms with E-state index < -0.39 is 0 Å². The van der Waals surface area contributed by atoms with Crippen LogP contribution in [0.4, 0.5) is 0 Å². The van der Waals surface area contributed by atoms with Gasteiger partial charge in [0.05, 0.1) is 12.7 Å². The summed E-state index contributed by atoms with van der Waals surface area (Å²) < 4.78 is 7.01. The second kappa shape index (κ2) is 4.73. The average Bonchev–Trinajstić information content (AvgIpc) is 2.71. The quantitative estimate of drug-likeness (QED) is 0.719. The molecule has 1 aliphatic carbocycles. The van der Waals surface area contributed by atoms with Crippen LogP contribution in [0, 0.1) is 6.92 Å². The lowest BCUT2D eigenvalue weighted by Gasteiger charge is -2.24. The molecule has 88 valence electrons. The van der Waals surface area contributed by atoms with Crippen LogP contribution in [-0.4, -0.2) is 17.6 Å². The summed E-state index contributed by atoms with van der Waals surface area (Å²) in [4.78, 5) is 11.5. The van der Waals surface area contributed by atoms with Crippen molar-refractivity contribution in [3.8, 4) is 0 Å². The van der Waals surface area contributed by atoms with Crippen LogP contribution in [0.25, 0.3) is 0 Å². The van der Waals surface area contributed by atoms with Crippen LogP contribution in [0.1, 0.15) is 54.2 Å². The van der Waals surface area contributed by atoms with Crippen molar-refractivity contribution in [2.24, 2.45) is 0 Å². The van der Waals surface area contributed by atoms with Crippen molar-refractivity contribution in [1.82, 2.24) is 4.57 Å². The average molecular weight is 221 g/mol. The summed E-state index contributed by atoms with van der Waals surface area (Å²) in [5, 5.41) is 0. The topological polar surface area (TPSA) is 31.2 Å². The molecule has 0 unspecified atom stereocenters. The van der Waals surface area contributed by atoms with Gasteiger partial charge in [0.15, 0.2) is 0 Å². The van der Waals surface area contributed by atoms with Crippen molar-refractivity contribution in [3.63, 3.8) is 0 Å². The lowest BCUT2D eigenvalue weighted by Crippen LogP contribution is -2.14. The molecule has 0 radical (unpaired) electrons. The first kappa shape index (κ1) is 11.2. The second-order valence-corrected chi connectivity index (χ2v) is 4.51. The van der Waals surface area contributed by atoms with Gasteiger partial charge in [-0.25, -0.2) is 4.79 Å². The maximum Gasteiger partial charge on any atom is 0.339 e. The van der Waals surface area contributed by atoms with E-state index in [4.69, 9.17) is 4.74 Å². The fraction of sp³-hybridized carbons (Fsp3) is 0.615. The van der Waals surface area contributed by atoms with Gasteiger partial charge in [-0.1, -0.05) is 19.3 Å². The second-order valence-electron chi connectivity index (χ2n) is 4.51. The maximum atomic E-state index is 11.5. The van der Waals surface area contributed by atoms with Gasteiger partial charge in [0.25, 0.3) is 0 Å². The van der Waals surface area contributed by atoms with E-state index in [0.29, 0.717) is 11.6 Å². The van der Waals surface area contributed by atoms with E-state index in [-0.39, 0.29) is 5.97 Å². The Balaban J connectivity index is 2.21. The van der Waals surface area contributed by atoms with Crippen molar-refractivity contribution < 1.29 is 9.53 Å². The smallest absolute Gasteiger partial charge is 0.339 e. The Bertz CT molecular complexity index is 375. The zero-order chi connectivity index (χ0) is 11.5. The molecule has 0 spiro atoms. The van der Waals surface area contributed by atoms with E-state index >= 15 is 0 Å². The first-order chi connectivity index (χ1) is 7.74. The van der Waals surface area contributed by atoms with Crippen LogP contribution < -0.4 is 0 Å². The normalized spacial score (nSPS) is 17.4. The summed E-state index contributed by atoms with van der Waals surface area (Å²) in [7, 11) is 1.43. The van der Waals surface area contributed by atoms with Crippen molar-refractivity contribution >= 4 is 5.97 Å². The predicted octanol–water partition coefficient (Wildman–Crippen LogP) is 3.09. The molecule has 0 bridgehead atoms. The predicted molar refractivity (Wildman–Crippen MR) is 62.6 cm³/mol. The number of methoxy groups -OCH3 is 1. The molecule has 1 aromatic heterocycles. The standard InChI is InChI=1S/C13H19NO2/c1-10-12(13(15)16-2)8-9-14(10)11-6-4-3-5-7-11/h8-9,11H,3-7H2,1-2H3. The summed E-state index contributed by atoms with van der Waals surface area (Å²) in [5.74, 6) is -0.230. The Morgan fingerprint density at radius 1 is 1.38 bits per heavy atom. The van der Waals surface area contributed by atoms with E-state index in [2.05, 4.69) is 4.57 Å². The minimum atomic E-state index is -0.230. The number of rotatable bonds is 2. The summed E-state index contributed by atoms with van der Waals surface area (Å²) in [6.45, 7) is 2.00. The Morgan fingerprint density at radius 2 is 2.06 bits per heavy atom. The van der Waals surface area contributed by atoms with Gasteiger partial charge in [-0.05, 0) is 25.8 Å². The summed E-state index contributed by atoms with van der Waals surface area (Å²) in [6, 6.07) is 2.45. The molecule has 2 rings (SSSR count). The highest BCUT2D eigenvalue weighted by molar-refractivity contribution is 5.90. The monoisotopic (exact) mass is 221 g/mol. The molecule has 1 saturated carbocycles. The largest absolute Gasteiger partial charge is 0.465 e. The minimum absolute atomic E-state index is 0.230. The minimum Gasteiger partial charge on any atom is -0.465 e.